The number of hydrogen-bond donors (Lipinski definition) is 2. The minimum Gasteiger partial charge on any atom is -0.343 e. The van der Waals surface area contributed by atoms with Gasteiger partial charge in [0.2, 0.25) is 5.91 Å². The van der Waals surface area contributed by atoms with Crippen molar-refractivity contribution in [1.29, 1.82) is 0 Å². The number of benzene rings is 1. The van der Waals surface area contributed by atoms with Crippen LogP contribution in [-0.4, -0.2) is 32.9 Å². The van der Waals surface area contributed by atoms with Crippen molar-refractivity contribution in [3.8, 4) is 5.13 Å². The maximum absolute atomic E-state index is 12.4. The summed E-state index contributed by atoms with van der Waals surface area (Å²) in [5.41, 5.74) is 1.32. The van der Waals surface area contributed by atoms with E-state index in [1.165, 1.54) is 22.7 Å². The summed E-state index contributed by atoms with van der Waals surface area (Å²) in [6.45, 7) is 1.79. The molecule has 0 aliphatic carbocycles. The molecule has 27 heavy (non-hydrogen) atoms. The van der Waals surface area contributed by atoms with Gasteiger partial charge in [0, 0.05) is 29.0 Å². The Kier molecular flexibility index (Phi) is 4.69. The van der Waals surface area contributed by atoms with Gasteiger partial charge in [0.1, 0.15) is 0 Å². The topological polar surface area (TPSA) is 88.9 Å². The van der Waals surface area contributed by atoms with E-state index in [0.717, 1.165) is 20.2 Å². The molecule has 0 fully saturated rings. The number of nitrogens with one attached hydrogen (secondary N) is 2. The minimum absolute atomic E-state index is 0.118. The summed E-state index contributed by atoms with van der Waals surface area (Å²) in [6, 6.07) is 9.18. The molecule has 2 N–H and O–H groups in total. The Labute approximate surface area is 162 Å². The molecule has 4 aromatic rings. The first-order chi connectivity index (χ1) is 13.1. The standard InChI is InChI=1S/C18H15N5O2S2/c1-11-9-20-17(26-11)22-15(24)10-19-16(25)12-4-5-13-14(8-12)27-18(21-13)23-6-2-3-7-23/h2-9H,10H2,1H3,(H,19,25)(H,20,22,24). The Morgan fingerprint density at radius 2 is 2.00 bits per heavy atom. The number of thiazole rings is 2. The lowest BCUT2D eigenvalue weighted by molar-refractivity contribution is -0.115. The highest BCUT2D eigenvalue weighted by molar-refractivity contribution is 7.20. The molecule has 0 saturated heterocycles. The summed E-state index contributed by atoms with van der Waals surface area (Å²) >= 11 is 2.89. The molecule has 4 rings (SSSR count). The Hall–Kier alpha value is -3.04. The van der Waals surface area contributed by atoms with E-state index in [9.17, 15) is 9.59 Å². The normalized spacial score (nSPS) is 10.9. The molecule has 0 bridgehead atoms. The van der Waals surface area contributed by atoms with Crippen LogP contribution in [0.4, 0.5) is 5.13 Å². The van der Waals surface area contributed by atoms with Crippen LogP contribution in [0, 0.1) is 6.92 Å². The molecule has 3 aromatic heterocycles. The average molecular weight is 397 g/mol. The Balaban J connectivity index is 1.42. The van der Waals surface area contributed by atoms with E-state index < -0.39 is 0 Å². The van der Waals surface area contributed by atoms with Crippen LogP contribution in [0.1, 0.15) is 15.2 Å². The number of aromatic nitrogens is 3. The van der Waals surface area contributed by atoms with Crippen LogP contribution in [0.25, 0.3) is 15.3 Å². The van der Waals surface area contributed by atoms with Crippen molar-refractivity contribution in [2.45, 2.75) is 6.92 Å². The SMILES string of the molecule is Cc1cnc(NC(=O)CNC(=O)c2ccc3nc(-n4cccc4)sc3c2)s1. The molecular formula is C18H15N5O2S2. The summed E-state index contributed by atoms with van der Waals surface area (Å²) in [4.78, 5) is 33.9. The van der Waals surface area contributed by atoms with E-state index in [2.05, 4.69) is 20.6 Å². The number of amides is 2. The second-order valence-corrected chi connectivity index (χ2v) is 8.02. The Morgan fingerprint density at radius 1 is 1.19 bits per heavy atom. The van der Waals surface area contributed by atoms with Crippen molar-refractivity contribution < 1.29 is 9.59 Å². The van der Waals surface area contributed by atoms with E-state index in [1.54, 1.807) is 18.3 Å². The third-order valence-corrected chi connectivity index (χ3v) is 5.60. The van der Waals surface area contributed by atoms with Crippen molar-refractivity contribution in [3.63, 3.8) is 0 Å². The zero-order valence-corrected chi connectivity index (χ0v) is 15.9. The number of carbonyl (C=O) groups excluding carboxylic acids is 2. The number of anilines is 1. The number of nitrogens with zero attached hydrogens (tertiary/aromatic N) is 3. The number of rotatable bonds is 5. The summed E-state index contributed by atoms with van der Waals surface area (Å²) in [6.07, 6.45) is 5.53. The summed E-state index contributed by atoms with van der Waals surface area (Å²) in [7, 11) is 0. The fourth-order valence-corrected chi connectivity index (χ4v) is 4.12. The molecule has 0 saturated carbocycles. The van der Waals surface area contributed by atoms with Crippen LogP contribution in [0.3, 0.4) is 0 Å². The van der Waals surface area contributed by atoms with Crippen LogP contribution in [0.5, 0.6) is 0 Å². The summed E-state index contributed by atoms with van der Waals surface area (Å²) < 4.78 is 2.84. The van der Waals surface area contributed by atoms with E-state index >= 15 is 0 Å². The van der Waals surface area contributed by atoms with E-state index in [1.807, 2.05) is 42.1 Å². The van der Waals surface area contributed by atoms with Gasteiger partial charge in [-0.25, -0.2) is 9.97 Å². The van der Waals surface area contributed by atoms with E-state index in [4.69, 9.17) is 0 Å². The maximum Gasteiger partial charge on any atom is 0.251 e. The number of hydrogen-bond acceptors (Lipinski definition) is 6. The monoisotopic (exact) mass is 397 g/mol. The van der Waals surface area contributed by atoms with Gasteiger partial charge in [-0.3, -0.25) is 9.59 Å². The first kappa shape index (κ1) is 17.4. The van der Waals surface area contributed by atoms with Crippen LogP contribution in [0.15, 0.2) is 48.9 Å². The van der Waals surface area contributed by atoms with Gasteiger partial charge in [-0.15, -0.1) is 11.3 Å². The highest BCUT2D eigenvalue weighted by Crippen LogP contribution is 2.26. The van der Waals surface area contributed by atoms with Crippen LogP contribution < -0.4 is 10.6 Å². The lowest BCUT2D eigenvalue weighted by Crippen LogP contribution is -2.32. The van der Waals surface area contributed by atoms with Gasteiger partial charge in [0.25, 0.3) is 5.91 Å². The molecule has 0 spiro atoms. The highest BCUT2D eigenvalue weighted by atomic mass is 32.1. The molecule has 0 radical (unpaired) electrons. The molecule has 0 aliphatic heterocycles. The lowest BCUT2D eigenvalue weighted by Gasteiger charge is -2.05. The Morgan fingerprint density at radius 3 is 2.74 bits per heavy atom. The predicted octanol–water partition coefficient (Wildman–Crippen LogP) is 3.22. The number of carbonyl (C=O) groups is 2. The average Bonchev–Trinajstić information content (AvgIpc) is 3.39. The van der Waals surface area contributed by atoms with Crippen LogP contribution in [-0.2, 0) is 4.79 Å². The number of aryl methyl sites for hydroxylation is 1. The molecule has 136 valence electrons. The highest BCUT2D eigenvalue weighted by Gasteiger charge is 2.12. The largest absolute Gasteiger partial charge is 0.343 e. The molecule has 0 aliphatic rings. The van der Waals surface area contributed by atoms with Gasteiger partial charge in [0.05, 0.1) is 16.8 Å². The van der Waals surface area contributed by atoms with Crippen molar-refractivity contribution in [2.24, 2.45) is 0 Å². The molecule has 3 heterocycles. The first-order valence-corrected chi connectivity index (χ1v) is 9.76. The van der Waals surface area contributed by atoms with Crippen LogP contribution in [0.2, 0.25) is 0 Å². The van der Waals surface area contributed by atoms with Crippen LogP contribution >= 0.6 is 22.7 Å². The fraction of sp³-hybridized carbons (Fsp3) is 0.111. The van der Waals surface area contributed by atoms with E-state index in [0.29, 0.717) is 10.7 Å². The van der Waals surface area contributed by atoms with Gasteiger partial charge in [-0.05, 0) is 37.3 Å². The Bertz CT molecular complexity index is 1110. The molecule has 7 nitrogen and oxygen atoms in total. The first-order valence-electron chi connectivity index (χ1n) is 8.13. The van der Waals surface area contributed by atoms with Gasteiger partial charge < -0.3 is 15.2 Å². The second kappa shape index (κ2) is 7.29. The van der Waals surface area contributed by atoms with Crippen molar-refractivity contribution in [2.75, 3.05) is 11.9 Å². The molecule has 2 amide bonds. The smallest absolute Gasteiger partial charge is 0.251 e. The molecule has 0 atom stereocenters. The minimum atomic E-state index is -0.313. The summed E-state index contributed by atoms with van der Waals surface area (Å²) in [5, 5.41) is 6.65. The fourth-order valence-electron chi connectivity index (χ4n) is 2.46. The summed E-state index contributed by atoms with van der Waals surface area (Å²) in [5.74, 6) is -0.621. The molecule has 1 aromatic carbocycles. The van der Waals surface area contributed by atoms with E-state index in [-0.39, 0.29) is 18.4 Å². The third-order valence-electron chi connectivity index (χ3n) is 3.74. The van der Waals surface area contributed by atoms with Crippen molar-refractivity contribution in [1.82, 2.24) is 19.9 Å². The zero-order valence-electron chi connectivity index (χ0n) is 14.3. The van der Waals surface area contributed by atoms with Gasteiger partial charge >= 0.3 is 0 Å². The van der Waals surface area contributed by atoms with Crippen molar-refractivity contribution in [3.05, 3.63) is 59.4 Å². The number of fused-ring (bicyclic) bond motifs is 1. The van der Waals surface area contributed by atoms with Gasteiger partial charge in [-0.1, -0.05) is 11.3 Å². The second-order valence-electron chi connectivity index (χ2n) is 5.78. The maximum atomic E-state index is 12.4. The van der Waals surface area contributed by atoms with Gasteiger partial charge in [-0.2, -0.15) is 0 Å². The molecular weight excluding hydrogens is 382 g/mol. The van der Waals surface area contributed by atoms with Gasteiger partial charge in [0.15, 0.2) is 10.3 Å². The molecule has 0 unspecified atom stereocenters. The quantitative estimate of drug-likeness (QED) is 0.541. The lowest BCUT2D eigenvalue weighted by atomic mass is 10.2. The molecule has 9 heteroatoms. The third kappa shape index (κ3) is 3.88. The predicted molar refractivity (Wildman–Crippen MR) is 107 cm³/mol. The van der Waals surface area contributed by atoms with Crippen molar-refractivity contribution >= 4 is 49.8 Å². The zero-order chi connectivity index (χ0) is 18.8.